The fourth-order valence-electron chi connectivity index (χ4n) is 4.99. The second-order valence-corrected chi connectivity index (χ2v) is 10.1. The summed E-state index contributed by atoms with van der Waals surface area (Å²) >= 11 is 0. The molecule has 1 atom stereocenters. The average Bonchev–Trinajstić information content (AvgIpc) is 3.27. The Morgan fingerprint density at radius 2 is 1.84 bits per heavy atom. The summed E-state index contributed by atoms with van der Waals surface area (Å²) in [6.45, 7) is 6.54. The number of anilines is 2. The standard InChI is InChI=1S/C28H28N4O5/c1-4-37-19-11-9-18(10-12-19)30-26(34)20-15-29-32-24(16-5-7-17(8-6-16)27(35)36)23-21(31-25(20)32)13-28(2,3)14-22(23)33/h5-12,15,24,31H,4,13-14H2,1-3H3,(H,30,34)(H,35,36). The molecule has 1 unspecified atom stereocenters. The zero-order valence-electron chi connectivity index (χ0n) is 20.9. The van der Waals surface area contributed by atoms with Gasteiger partial charge < -0.3 is 20.5 Å². The summed E-state index contributed by atoms with van der Waals surface area (Å²) in [7, 11) is 0. The second kappa shape index (κ2) is 9.24. The summed E-state index contributed by atoms with van der Waals surface area (Å²) in [6.07, 6.45) is 2.50. The fraction of sp³-hybridized carbons (Fsp3) is 0.286. The number of carboxylic acids is 1. The van der Waals surface area contributed by atoms with E-state index in [4.69, 9.17) is 4.74 Å². The zero-order valence-corrected chi connectivity index (χ0v) is 20.9. The summed E-state index contributed by atoms with van der Waals surface area (Å²) in [5.41, 5.74) is 2.93. The molecule has 1 aliphatic carbocycles. The van der Waals surface area contributed by atoms with Gasteiger partial charge in [0.2, 0.25) is 0 Å². The predicted octanol–water partition coefficient (Wildman–Crippen LogP) is 4.89. The number of ether oxygens (including phenoxy) is 1. The number of allylic oxidation sites excluding steroid dienone is 2. The summed E-state index contributed by atoms with van der Waals surface area (Å²) < 4.78 is 7.10. The number of amides is 1. The van der Waals surface area contributed by atoms with E-state index in [2.05, 4.69) is 15.7 Å². The molecule has 1 aromatic heterocycles. The molecule has 9 nitrogen and oxygen atoms in total. The van der Waals surface area contributed by atoms with Crippen molar-refractivity contribution in [1.29, 1.82) is 0 Å². The van der Waals surface area contributed by atoms with Crippen molar-refractivity contribution in [1.82, 2.24) is 9.78 Å². The molecule has 37 heavy (non-hydrogen) atoms. The topological polar surface area (TPSA) is 123 Å². The Hall–Kier alpha value is -4.40. The van der Waals surface area contributed by atoms with E-state index >= 15 is 0 Å². The fourth-order valence-corrected chi connectivity index (χ4v) is 4.99. The second-order valence-electron chi connectivity index (χ2n) is 10.1. The van der Waals surface area contributed by atoms with E-state index < -0.39 is 12.0 Å². The maximum absolute atomic E-state index is 13.3. The minimum absolute atomic E-state index is 0.00704. The third kappa shape index (κ3) is 4.60. The number of aromatic nitrogens is 2. The van der Waals surface area contributed by atoms with Crippen LogP contribution in [0.2, 0.25) is 0 Å². The number of hydrogen-bond donors (Lipinski definition) is 3. The molecular weight excluding hydrogens is 472 g/mol. The van der Waals surface area contributed by atoms with E-state index in [9.17, 15) is 19.5 Å². The molecule has 1 amide bonds. The van der Waals surface area contributed by atoms with Gasteiger partial charge in [0.25, 0.3) is 5.91 Å². The van der Waals surface area contributed by atoms with Gasteiger partial charge in [-0.3, -0.25) is 9.59 Å². The van der Waals surface area contributed by atoms with Crippen LogP contribution in [-0.2, 0) is 4.79 Å². The van der Waals surface area contributed by atoms with Gasteiger partial charge in [-0.1, -0.05) is 26.0 Å². The lowest BCUT2D eigenvalue weighted by atomic mass is 9.73. The highest BCUT2D eigenvalue weighted by Gasteiger charge is 2.42. The number of benzene rings is 2. The highest BCUT2D eigenvalue weighted by atomic mass is 16.5. The number of nitrogens with zero attached hydrogens (tertiary/aromatic N) is 2. The molecule has 0 fully saturated rings. The van der Waals surface area contributed by atoms with Crippen LogP contribution in [0.25, 0.3) is 0 Å². The first-order valence-electron chi connectivity index (χ1n) is 12.1. The zero-order chi connectivity index (χ0) is 26.3. The van der Waals surface area contributed by atoms with Crippen LogP contribution in [-0.4, -0.2) is 39.2 Å². The van der Waals surface area contributed by atoms with Crippen molar-refractivity contribution in [3.05, 3.63) is 82.7 Å². The molecule has 0 radical (unpaired) electrons. The van der Waals surface area contributed by atoms with Crippen LogP contribution in [0.4, 0.5) is 11.5 Å². The quantitative estimate of drug-likeness (QED) is 0.440. The number of carbonyl (C=O) groups excluding carboxylic acids is 2. The van der Waals surface area contributed by atoms with Crippen LogP contribution in [0.5, 0.6) is 5.75 Å². The van der Waals surface area contributed by atoms with Crippen molar-refractivity contribution >= 4 is 29.2 Å². The highest BCUT2D eigenvalue weighted by molar-refractivity contribution is 6.08. The molecule has 0 saturated heterocycles. The van der Waals surface area contributed by atoms with Gasteiger partial charge in [0.05, 0.1) is 18.4 Å². The molecule has 3 N–H and O–H groups in total. The van der Waals surface area contributed by atoms with Crippen molar-refractivity contribution < 1.29 is 24.2 Å². The van der Waals surface area contributed by atoms with Gasteiger partial charge in [0.1, 0.15) is 23.2 Å². The number of aromatic carboxylic acids is 1. The molecule has 1 aliphatic heterocycles. The Kier molecular flexibility index (Phi) is 6.07. The highest BCUT2D eigenvalue weighted by Crippen LogP contribution is 2.46. The smallest absolute Gasteiger partial charge is 0.335 e. The molecule has 2 aliphatic rings. The Labute approximate surface area is 214 Å². The summed E-state index contributed by atoms with van der Waals surface area (Å²) in [6, 6.07) is 12.9. The molecule has 0 bridgehead atoms. The molecule has 0 saturated carbocycles. The average molecular weight is 501 g/mol. The van der Waals surface area contributed by atoms with Crippen molar-refractivity contribution in [3.63, 3.8) is 0 Å². The van der Waals surface area contributed by atoms with Crippen molar-refractivity contribution in [2.45, 2.75) is 39.7 Å². The third-order valence-electron chi connectivity index (χ3n) is 6.64. The van der Waals surface area contributed by atoms with E-state index in [1.165, 1.54) is 18.3 Å². The third-order valence-corrected chi connectivity index (χ3v) is 6.64. The number of carbonyl (C=O) groups is 3. The first-order chi connectivity index (χ1) is 17.7. The number of ketones is 1. The van der Waals surface area contributed by atoms with E-state index in [0.29, 0.717) is 47.8 Å². The Morgan fingerprint density at radius 3 is 2.49 bits per heavy atom. The minimum atomic E-state index is -1.03. The maximum atomic E-state index is 13.3. The summed E-state index contributed by atoms with van der Waals surface area (Å²) in [5.74, 6) is -0.165. The Bertz CT molecular complexity index is 1420. The maximum Gasteiger partial charge on any atom is 0.335 e. The lowest BCUT2D eigenvalue weighted by Crippen LogP contribution is -2.37. The van der Waals surface area contributed by atoms with Crippen LogP contribution in [0.1, 0.15) is 65.9 Å². The number of fused-ring (bicyclic) bond motifs is 1. The monoisotopic (exact) mass is 500 g/mol. The Balaban J connectivity index is 1.53. The first-order valence-corrected chi connectivity index (χ1v) is 12.1. The van der Waals surface area contributed by atoms with Gasteiger partial charge in [0.15, 0.2) is 5.78 Å². The van der Waals surface area contributed by atoms with Crippen LogP contribution in [0.3, 0.4) is 0 Å². The number of rotatable bonds is 6. The number of nitrogens with one attached hydrogen (secondary N) is 2. The SMILES string of the molecule is CCOc1ccc(NC(=O)c2cnn3c2NC2=C(C(=O)CC(C)(C)C2)C3c2ccc(C(=O)O)cc2)cc1. The van der Waals surface area contributed by atoms with Crippen LogP contribution in [0, 0.1) is 5.41 Å². The Morgan fingerprint density at radius 1 is 1.14 bits per heavy atom. The number of carboxylic acid groups (broad SMARTS) is 1. The van der Waals surface area contributed by atoms with E-state index in [-0.39, 0.29) is 22.7 Å². The molecule has 190 valence electrons. The number of Topliss-reactive ketones (excluding diaryl/α,β-unsaturated/α-hetero) is 1. The molecule has 3 aromatic rings. The lowest BCUT2D eigenvalue weighted by molar-refractivity contribution is -0.118. The van der Waals surface area contributed by atoms with Crippen molar-refractivity contribution in [3.8, 4) is 5.75 Å². The van der Waals surface area contributed by atoms with Crippen LogP contribution < -0.4 is 15.4 Å². The molecule has 0 spiro atoms. The first kappa shape index (κ1) is 24.3. The predicted molar refractivity (Wildman–Crippen MR) is 138 cm³/mol. The molecule has 5 rings (SSSR count). The molecular formula is C28H28N4O5. The minimum Gasteiger partial charge on any atom is -0.494 e. The van der Waals surface area contributed by atoms with Gasteiger partial charge in [-0.05, 0) is 60.7 Å². The van der Waals surface area contributed by atoms with E-state index in [0.717, 1.165) is 11.3 Å². The largest absolute Gasteiger partial charge is 0.494 e. The van der Waals surface area contributed by atoms with E-state index in [1.54, 1.807) is 41.1 Å². The lowest BCUT2D eigenvalue weighted by Gasteiger charge is -2.39. The summed E-state index contributed by atoms with van der Waals surface area (Å²) in [4.78, 5) is 38.0. The van der Waals surface area contributed by atoms with Crippen molar-refractivity contribution in [2.24, 2.45) is 5.41 Å². The van der Waals surface area contributed by atoms with Crippen LogP contribution >= 0.6 is 0 Å². The van der Waals surface area contributed by atoms with Gasteiger partial charge in [-0.15, -0.1) is 0 Å². The van der Waals surface area contributed by atoms with Gasteiger partial charge >= 0.3 is 5.97 Å². The molecule has 2 aromatic carbocycles. The van der Waals surface area contributed by atoms with Crippen molar-refractivity contribution in [2.75, 3.05) is 17.2 Å². The number of hydrogen-bond acceptors (Lipinski definition) is 6. The van der Waals surface area contributed by atoms with Gasteiger partial charge in [0, 0.05) is 23.4 Å². The van der Waals surface area contributed by atoms with Gasteiger partial charge in [-0.2, -0.15) is 5.10 Å². The summed E-state index contributed by atoms with van der Waals surface area (Å²) in [5, 5.41) is 20.1. The molecule has 9 heteroatoms. The van der Waals surface area contributed by atoms with Crippen LogP contribution in [0.15, 0.2) is 66.0 Å². The normalized spacial score (nSPS) is 17.9. The van der Waals surface area contributed by atoms with Gasteiger partial charge in [-0.25, -0.2) is 9.48 Å². The van der Waals surface area contributed by atoms with E-state index in [1.807, 2.05) is 20.8 Å². The molecule has 2 heterocycles.